The van der Waals surface area contributed by atoms with E-state index in [1.807, 2.05) is 0 Å². The Morgan fingerprint density at radius 1 is 1.50 bits per heavy atom. The summed E-state index contributed by atoms with van der Waals surface area (Å²) in [5.41, 5.74) is 0.523. The highest BCUT2D eigenvalue weighted by Crippen LogP contribution is 2.38. The van der Waals surface area contributed by atoms with Gasteiger partial charge in [-0.2, -0.15) is 5.10 Å². The largest absolute Gasteiger partial charge is 0.364 e. The van der Waals surface area contributed by atoms with Gasteiger partial charge in [0.25, 0.3) is 0 Å². The minimum Gasteiger partial charge on any atom is -0.364 e. The molecule has 0 amide bonds. The SMILES string of the molecule is Cc1nn(C)c(NCC2CCCN(C)C2c2cccs2)c1[N+](=O)[O-]. The van der Waals surface area contributed by atoms with Crippen LogP contribution in [0.1, 0.15) is 29.5 Å². The van der Waals surface area contributed by atoms with Gasteiger partial charge in [-0.3, -0.25) is 15.0 Å². The number of likely N-dealkylation sites (tertiary alicyclic amines) is 1. The van der Waals surface area contributed by atoms with E-state index in [9.17, 15) is 10.1 Å². The number of aromatic nitrogens is 2. The summed E-state index contributed by atoms with van der Waals surface area (Å²) >= 11 is 1.78. The molecule has 24 heavy (non-hydrogen) atoms. The van der Waals surface area contributed by atoms with Gasteiger partial charge in [0.15, 0.2) is 0 Å². The standard InChI is InChI=1S/C16H23N5O2S/c1-11-14(21(22)23)16(20(3)18-11)17-10-12-6-4-8-19(2)15(12)13-7-5-9-24-13/h5,7,9,12,15,17H,4,6,8,10H2,1-3H3. The van der Waals surface area contributed by atoms with E-state index in [0.29, 0.717) is 30.0 Å². The van der Waals surface area contributed by atoms with E-state index in [0.717, 1.165) is 19.4 Å². The Morgan fingerprint density at radius 2 is 2.29 bits per heavy atom. The number of nitrogens with zero attached hydrogens (tertiary/aromatic N) is 4. The van der Waals surface area contributed by atoms with Gasteiger partial charge in [-0.05, 0) is 50.7 Å². The highest BCUT2D eigenvalue weighted by molar-refractivity contribution is 7.10. The van der Waals surface area contributed by atoms with Crippen LogP contribution in [0, 0.1) is 23.0 Å². The van der Waals surface area contributed by atoms with Crippen LogP contribution in [0.25, 0.3) is 0 Å². The lowest BCUT2D eigenvalue weighted by Gasteiger charge is -2.39. The van der Waals surface area contributed by atoms with E-state index in [4.69, 9.17) is 0 Å². The zero-order valence-corrected chi connectivity index (χ0v) is 15.0. The molecule has 0 aromatic carbocycles. The van der Waals surface area contributed by atoms with Gasteiger partial charge in [-0.1, -0.05) is 6.07 Å². The smallest absolute Gasteiger partial charge is 0.333 e. The third-order valence-corrected chi connectivity index (χ3v) is 5.69. The van der Waals surface area contributed by atoms with Crippen LogP contribution in [0.4, 0.5) is 11.5 Å². The Hall–Kier alpha value is -1.93. The summed E-state index contributed by atoms with van der Waals surface area (Å²) in [6.45, 7) is 3.46. The molecule has 1 aliphatic heterocycles. The van der Waals surface area contributed by atoms with Crippen LogP contribution in [0.5, 0.6) is 0 Å². The van der Waals surface area contributed by atoms with E-state index in [1.165, 1.54) is 4.88 Å². The molecule has 1 N–H and O–H groups in total. The zero-order chi connectivity index (χ0) is 17.3. The molecule has 0 saturated carbocycles. The normalized spacial score (nSPS) is 21.8. The number of nitro groups is 1. The molecule has 8 heteroatoms. The highest BCUT2D eigenvalue weighted by atomic mass is 32.1. The Bertz CT molecular complexity index is 712. The molecular weight excluding hydrogens is 326 g/mol. The average molecular weight is 349 g/mol. The van der Waals surface area contributed by atoms with Crippen LogP contribution in [0.2, 0.25) is 0 Å². The average Bonchev–Trinajstić information content (AvgIpc) is 3.13. The van der Waals surface area contributed by atoms with E-state index in [2.05, 4.69) is 39.9 Å². The van der Waals surface area contributed by atoms with Crippen LogP contribution >= 0.6 is 11.3 Å². The lowest BCUT2D eigenvalue weighted by Crippen LogP contribution is -2.38. The topological polar surface area (TPSA) is 76.2 Å². The molecule has 2 unspecified atom stereocenters. The van der Waals surface area contributed by atoms with E-state index >= 15 is 0 Å². The quantitative estimate of drug-likeness (QED) is 0.663. The van der Waals surface area contributed by atoms with Crippen molar-refractivity contribution in [2.75, 3.05) is 25.5 Å². The second kappa shape index (κ2) is 6.90. The van der Waals surface area contributed by atoms with E-state index in [-0.39, 0.29) is 10.6 Å². The van der Waals surface area contributed by atoms with Crippen molar-refractivity contribution in [1.29, 1.82) is 0 Å². The summed E-state index contributed by atoms with van der Waals surface area (Å²) in [4.78, 5) is 14.7. The monoisotopic (exact) mass is 349 g/mol. The maximum absolute atomic E-state index is 11.3. The van der Waals surface area contributed by atoms with Crippen molar-refractivity contribution in [3.8, 4) is 0 Å². The number of anilines is 1. The number of hydrogen-bond acceptors (Lipinski definition) is 6. The minimum atomic E-state index is -0.353. The van der Waals surface area contributed by atoms with Gasteiger partial charge in [-0.25, -0.2) is 4.68 Å². The van der Waals surface area contributed by atoms with Gasteiger partial charge in [0.2, 0.25) is 5.82 Å². The summed E-state index contributed by atoms with van der Waals surface area (Å²) in [5, 5.41) is 20.9. The number of nitrogens with one attached hydrogen (secondary N) is 1. The minimum absolute atomic E-state index is 0.0781. The van der Waals surface area contributed by atoms with Gasteiger partial charge in [0, 0.05) is 24.5 Å². The second-order valence-corrected chi connectivity index (χ2v) is 7.37. The predicted octanol–water partition coefficient (Wildman–Crippen LogP) is 3.19. The van der Waals surface area contributed by atoms with Crippen molar-refractivity contribution in [2.45, 2.75) is 25.8 Å². The first kappa shape index (κ1) is 16.9. The van der Waals surface area contributed by atoms with Gasteiger partial charge in [-0.15, -0.1) is 11.3 Å². The number of rotatable bonds is 5. The Morgan fingerprint density at radius 3 is 2.96 bits per heavy atom. The third kappa shape index (κ3) is 3.16. The predicted molar refractivity (Wildman–Crippen MR) is 95.5 cm³/mol. The van der Waals surface area contributed by atoms with Crippen molar-refractivity contribution < 1.29 is 4.92 Å². The molecule has 3 rings (SSSR count). The van der Waals surface area contributed by atoms with Crippen molar-refractivity contribution in [2.24, 2.45) is 13.0 Å². The first-order valence-electron chi connectivity index (χ1n) is 8.14. The fourth-order valence-electron chi connectivity index (χ4n) is 3.67. The molecule has 130 valence electrons. The lowest BCUT2D eigenvalue weighted by molar-refractivity contribution is -0.384. The molecule has 2 aromatic rings. The van der Waals surface area contributed by atoms with Crippen LogP contribution in [-0.4, -0.2) is 39.7 Å². The first-order chi connectivity index (χ1) is 11.5. The molecule has 3 heterocycles. The number of hydrogen-bond donors (Lipinski definition) is 1. The number of aryl methyl sites for hydroxylation is 2. The maximum atomic E-state index is 11.3. The summed E-state index contributed by atoms with van der Waals surface area (Å²) < 4.78 is 1.57. The molecule has 2 atom stereocenters. The Labute approximate surface area is 145 Å². The lowest BCUT2D eigenvalue weighted by atomic mass is 9.88. The number of piperidine rings is 1. The zero-order valence-electron chi connectivity index (χ0n) is 14.2. The summed E-state index contributed by atoms with van der Waals surface area (Å²) in [6, 6.07) is 4.63. The van der Waals surface area contributed by atoms with Crippen LogP contribution < -0.4 is 5.32 Å². The summed E-state index contributed by atoms with van der Waals surface area (Å²) in [7, 11) is 3.90. The van der Waals surface area contributed by atoms with E-state index < -0.39 is 0 Å². The Kier molecular flexibility index (Phi) is 4.86. The molecule has 0 radical (unpaired) electrons. The van der Waals surface area contributed by atoms with Crippen LogP contribution in [0.15, 0.2) is 17.5 Å². The van der Waals surface area contributed by atoms with Crippen molar-refractivity contribution >= 4 is 22.8 Å². The Balaban J connectivity index is 1.79. The van der Waals surface area contributed by atoms with E-state index in [1.54, 1.807) is 30.0 Å². The fourth-order valence-corrected chi connectivity index (χ4v) is 4.66. The van der Waals surface area contributed by atoms with Gasteiger partial charge in [0.05, 0.1) is 4.92 Å². The molecule has 0 bridgehead atoms. The maximum Gasteiger partial charge on any atom is 0.333 e. The van der Waals surface area contributed by atoms with Gasteiger partial charge < -0.3 is 5.32 Å². The molecule has 2 aromatic heterocycles. The first-order valence-corrected chi connectivity index (χ1v) is 9.02. The number of thiophene rings is 1. The molecule has 7 nitrogen and oxygen atoms in total. The van der Waals surface area contributed by atoms with Crippen LogP contribution in [0.3, 0.4) is 0 Å². The molecule has 0 aliphatic carbocycles. The molecule has 1 aliphatic rings. The van der Waals surface area contributed by atoms with Gasteiger partial charge in [0.1, 0.15) is 5.69 Å². The van der Waals surface area contributed by atoms with Crippen molar-refractivity contribution in [3.05, 3.63) is 38.2 Å². The van der Waals surface area contributed by atoms with Crippen molar-refractivity contribution in [1.82, 2.24) is 14.7 Å². The highest BCUT2D eigenvalue weighted by Gasteiger charge is 2.32. The van der Waals surface area contributed by atoms with Crippen molar-refractivity contribution in [3.63, 3.8) is 0 Å². The fraction of sp³-hybridized carbons (Fsp3) is 0.562. The molecule has 1 fully saturated rings. The van der Waals surface area contributed by atoms with Crippen LogP contribution in [-0.2, 0) is 7.05 Å². The second-order valence-electron chi connectivity index (χ2n) is 6.39. The third-order valence-electron chi connectivity index (χ3n) is 4.75. The molecular formula is C16H23N5O2S. The molecule has 0 spiro atoms. The summed E-state index contributed by atoms with van der Waals surface area (Å²) in [5.74, 6) is 0.910. The summed E-state index contributed by atoms with van der Waals surface area (Å²) in [6.07, 6.45) is 2.27. The van der Waals surface area contributed by atoms with Gasteiger partial charge >= 0.3 is 5.69 Å². The molecule has 1 saturated heterocycles.